The molecule has 0 radical (unpaired) electrons. The van der Waals surface area contributed by atoms with E-state index in [-0.39, 0.29) is 4.75 Å². The molecule has 1 aliphatic rings. The van der Waals surface area contributed by atoms with Crippen LogP contribution in [0.5, 0.6) is 0 Å². The Hall–Kier alpha value is -1.17. The van der Waals surface area contributed by atoms with Crippen LogP contribution in [0.3, 0.4) is 0 Å². The van der Waals surface area contributed by atoms with E-state index in [1.54, 1.807) is 0 Å². The minimum absolute atomic E-state index is 0.285. The van der Waals surface area contributed by atoms with Gasteiger partial charge >= 0.3 is 0 Å². The Bertz CT molecular complexity index is 562. The second-order valence-electron chi connectivity index (χ2n) is 6.63. The van der Waals surface area contributed by atoms with E-state index in [1.807, 2.05) is 30.5 Å². The Morgan fingerprint density at radius 2 is 2.09 bits per heavy atom. The maximum absolute atomic E-state index is 4.66. The lowest BCUT2D eigenvalue weighted by Crippen LogP contribution is -2.50. The molecule has 2 rings (SSSR count). The molecule has 1 fully saturated rings. The summed E-state index contributed by atoms with van der Waals surface area (Å²) in [6.07, 6.45) is 1.98. The lowest BCUT2D eigenvalue weighted by Gasteiger charge is -2.39. The zero-order chi connectivity index (χ0) is 17.0. The van der Waals surface area contributed by atoms with Gasteiger partial charge in [-0.1, -0.05) is 13.8 Å². The summed E-state index contributed by atoms with van der Waals surface area (Å²) in [5.74, 6) is 2.16. The van der Waals surface area contributed by atoms with Crippen LogP contribution in [0.25, 0.3) is 0 Å². The molecule has 130 valence electrons. The van der Waals surface area contributed by atoms with Crippen LogP contribution in [0.4, 0.5) is 0 Å². The van der Waals surface area contributed by atoms with Crippen LogP contribution < -0.4 is 5.32 Å². The van der Waals surface area contributed by atoms with Gasteiger partial charge in [0.1, 0.15) is 0 Å². The van der Waals surface area contributed by atoms with Gasteiger partial charge in [0.05, 0.1) is 5.69 Å². The summed E-state index contributed by atoms with van der Waals surface area (Å²) >= 11 is 2.04. The molecule has 0 bridgehead atoms. The van der Waals surface area contributed by atoms with Gasteiger partial charge in [-0.3, -0.25) is 9.67 Å². The van der Waals surface area contributed by atoms with E-state index in [2.05, 4.69) is 48.0 Å². The predicted octanol–water partition coefficient (Wildman–Crippen LogP) is 2.45. The van der Waals surface area contributed by atoms with Gasteiger partial charge in [0.15, 0.2) is 5.96 Å². The van der Waals surface area contributed by atoms with Crippen LogP contribution in [0.2, 0.25) is 0 Å². The molecule has 0 aromatic carbocycles. The molecular formula is C17H31N5S. The fourth-order valence-electron chi connectivity index (χ4n) is 3.29. The average Bonchev–Trinajstić information content (AvgIpc) is 2.82. The highest BCUT2D eigenvalue weighted by Gasteiger charge is 2.28. The van der Waals surface area contributed by atoms with E-state index >= 15 is 0 Å². The number of guanidine groups is 1. The van der Waals surface area contributed by atoms with Crippen molar-refractivity contribution >= 4 is 17.7 Å². The molecule has 1 aromatic heterocycles. The van der Waals surface area contributed by atoms with Crippen molar-refractivity contribution < 1.29 is 0 Å². The number of hydrogen-bond donors (Lipinski definition) is 1. The summed E-state index contributed by atoms with van der Waals surface area (Å²) < 4.78 is 2.31. The van der Waals surface area contributed by atoms with Crippen LogP contribution in [0, 0.1) is 0 Å². The first-order valence-electron chi connectivity index (χ1n) is 8.55. The third-order valence-electron chi connectivity index (χ3n) is 4.39. The number of nitrogens with zero attached hydrogens (tertiary/aromatic N) is 4. The first-order valence-corrected chi connectivity index (χ1v) is 9.53. The molecule has 23 heavy (non-hydrogen) atoms. The molecule has 1 aliphatic heterocycles. The first kappa shape index (κ1) is 18.2. The molecule has 0 spiro atoms. The summed E-state index contributed by atoms with van der Waals surface area (Å²) in [7, 11) is 3.92. The lowest BCUT2D eigenvalue weighted by atomic mass is 10.1. The molecular weight excluding hydrogens is 306 g/mol. The normalized spacial score (nSPS) is 18.3. The van der Waals surface area contributed by atoms with Crippen molar-refractivity contribution in [3.05, 3.63) is 17.0 Å². The molecule has 0 amide bonds. The van der Waals surface area contributed by atoms with Crippen molar-refractivity contribution in [2.45, 2.75) is 51.8 Å². The third-order valence-corrected chi connectivity index (χ3v) is 5.69. The minimum Gasteiger partial charge on any atom is -0.352 e. The highest BCUT2D eigenvalue weighted by Crippen LogP contribution is 2.29. The zero-order valence-electron chi connectivity index (χ0n) is 15.4. The maximum Gasteiger partial charge on any atom is 0.193 e. The van der Waals surface area contributed by atoms with E-state index < -0.39 is 0 Å². The van der Waals surface area contributed by atoms with Gasteiger partial charge in [-0.25, -0.2) is 0 Å². The number of nitrogens with one attached hydrogen (secondary N) is 1. The molecule has 0 aliphatic carbocycles. The Morgan fingerprint density at radius 3 is 2.65 bits per heavy atom. The van der Waals surface area contributed by atoms with E-state index in [0.29, 0.717) is 0 Å². The van der Waals surface area contributed by atoms with Crippen LogP contribution in [0.15, 0.2) is 4.99 Å². The van der Waals surface area contributed by atoms with Crippen molar-refractivity contribution in [3.63, 3.8) is 0 Å². The van der Waals surface area contributed by atoms with Crippen LogP contribution >= 0.6 is 11.8 Å². The second-order valence-corrected chi connectivity index (χ2v) is 8.44. The lowest BCUT2D eigenvalue weighted by molar-refractivity contribution is 0.375. The third kappa shape index (κ3) is 4.22. The van der Waals surface area contributed by atoms with Crippen molar-refractivity contribution in [2.75, 3.05) is 25.9 Å². The topological polar surface area (TPSA) is 45.5 Å². The average molecular weight is 338 g/mol. The molecule has 1 N–H and O–H groups in total. The van der Waals surface area contributed by atoms with Crippen LogP contribution in [-0.4, -0.2) is 51.3 Å². The highest BCUT2D eigenvalue weighted by molar-refractivity contribution is 8.00. The maximum atomic E-state index is 4.66. The summed E-state index contributed by atoms with van der Waals surface area (Å²) in [6, 6.07) is 0. The van der Waals surface area contributed by atoms with E-state index in [0.717, 1.165) is 44.2 Å². The van der Waals surface area contributed by atoms with Crippen molar-refractivity contribution in [2.24, 2.45) is 12.0 Å². The number of thioether (sulfide) groups is 1. The monoisotopic (exact) mass is 337 g/mol. The molecule has 0 unspecified atom stereocenters. The molecule has 1 saturated heterocycles. The van der Waals surface area contributed by atoms with Crippen molar-refractivity contribution in [1.82, 2.24) is 20.0 Å². The Labute approximate surface area is 144 Å². The van der Waals surface area contributed by atoms with Crippen molar-refractivity contribution in [1.29, 1.82) is 0 Å². The highest BCUT2D eigenvalue weighted by atomic mass is 32.2. The van der Waals surface area contributed by atoms with Crippen LogP contribution in [0.1, 0.15) is 44.6 Å². The smallest absolute Gasteiger partial charge is 0.193 e. The molecule has 0 atom stereocenters. The Balaban J connectivity index is 2.10. The summed E-state index contributed by atoms with van der Waals surface area (Å²) in [5.41, 5.74) is 3.85. The largest absolute Gasteiger partial charge is 0.352 e. The number of aryl methyl sites for hydroxylation is 2. The molecule has 1 aromatic rings. The van der Waals surface area contributed by atoms with E-state index in [9.17, 15) is 0 Å². The minimum atomic E-state index is 0.285. The standard InChI is InChI=1S/C17H31N5S/c1-7-14-13(15(8-2)21(6)20-14)11-19-16(18-5)22-9-10-23-17(3,4)12-22/h7-12H2,1-6H3,(H,18,19). The molecule has 5 nitrogen and oxygen atoms in total. The Kier molecular flexibility index (Phi) is 6.00. The van der Waals surface area contributed by atoms with Gasteiger partial charge in [0.25, 0.3) is 0 Å². The van der Waals surface area contributed by atoms with Gasteiger partial charge in [-0.15, -0.1) is 0 Å². The predicted molar refractivity (Wildman–Crippen MR) is 100 cm³/mol. The SMILES string of the molecule is CCc1nn(C)c(CC)c1CNC(=NC)N1CCSC(C)(C)C1. The molecule has 0 saturated carbocycles. The van der Waals surface area contributed by atoms with E-state index in [4.69, 9.17) is 0 Å². The fraction of sp³-hybridized carbons (Fsp3) is 0.765. The number of rotatable bonds is 4. The summed E-state index contributed by atoms with van der Waals surface area (Å²) in [6.45, 7) is 11.9. The summed E-state index contributed by atoms with van der Waals surface area (Å²) in [4.78, 5) is 6.88. The Morgan fingerprint density at radius 1 is 1.35 bits per heavy atom. The van der Waals surface area contributed by atoms with E-state index in [1.165, 1.54) is 17.0 Å². The van der Waals surface area contributed by atoms with Gasteiger partial charge < -0.3 is 10.2 Å². The quantitative estimate of drug-likeness (QED) is 0.677. The van der Waals surface area contributed by atoms with Gasteiger partial charge in [-0.2, -0.15) is 16.9 Å². The van der Waals surface area contributed by atoms with Gasteiger partial charge in [-0.05, 0) is 26.7 Å². The number of aromatic nitrogens is 2. The fourth-order valence-corrected chi connectivity index (χ4v) is 4.40. The zero-order valence-corrected chi connectivity index (χ0v) is 16.3. The number of aliphatic imine (C=N–C) groups is 1. The molecule has 2 heterocycles. The van der Waals surface area contributed by atoms with Crippen LogP contribution in [-0.2, 0) is 26.4 Å². The van der Waals surface area contributed by atoms with Gasteiger partial charge in [0, 0.05) is 55.5 Å². The van der Waals surface area contributed by atoms with Crippen molar-refractivity contribution in [3.8, 4) is 0 Å². The molecule has 6 heteroatoms. The second kappa shape index (κ2) is 7.60. The summed E-state index contributed by atoms with van der Waals surface area (Å²) in [5, 5.41) is 8.23. The first-order chi connectivity index (χ1) is 10.9. The van der Waals surface area contributed by atoms with Gasteiger partial charge in [0.2, 0.25) is 0 Å². The number of hydrogen-bond acceptors (Lipinski definition) is 3.